The van der Waals surface area contributed by atoms with Gasteiger partial charge in [0, 0.05) is 27.3 Å². The van der Waals surface area contributed by atoms with Gasteiger partial charge in [-0.1, -0.05) is 46.9 Å². The van der Waals surface area contributed by atoms with Gasteiger partial charge in [0.25, 0.3) is 0 Å². The Hall–Kier alpha value is -3.86. The molecule has 3 rings (SSSR count). The fourth-order valence-corrected chi connectivity index (χ4v) is 3.34. The van der Waals surface area contributed by atoms with Gasteiger partial charge in [0.05, 0.1) is 12.8 Å². The van der Waals surface area contributed by atoms with E-state index in [1.165, 1.54) is 36.5 Å². The van der Waals surface area contributed by atoms with E-state index in [2.05, 4.69) is 26.5 Å². The minimum absolute atomic E-state index is 0.0874. The fraction of sp³-hybridized carbons (Fsp3) is 0.0870. The van der Waals surface area contributed by atoms with Crippen LogP contribution in [0.15, 0.2) is 64.1 Å². The molecule has 0 fully saturated rings. The summed E-state index contributed by atoms with van der Waals surface area (Å²) in [7, 11) is 0. The highest BCUT2D eigenvalue weighted by Gasteiger charge is 2.15. The Kier molecular flexibility index (Phi) is 9.46. The highest BCUT2D eigenvalue weighted by molar-refractivity contribution is 6.40. The molecule has 0 saturated carbocycles. The number of carbonyl (C=O) groups is 4. The van der Waals surface area contributed by atoms with Crippen molar-refractivity contribution in [1.29, 1.82) is 0 Å². The molecule has 4 amide bonds. The molecular weight excluding hydrogens is 533 g/mol. The number of amides is 4. The van der Waals surface area contributed by atoms with Crippen LogP contribution >= 0.6 is 34.8 Å². The van der Waals surface area contributed by atoms with E-state index in [0.29, 0.717) is 20.8 Å². The fourth-order valence-electron chi connectivity index (χ4n) is 2.69. The quantitative estimate of drug-likeness (QED) is 0.203. The average molecular weight is 551 g/mol. The van der Waals surface area contributed by atoms with Gasteiger partial charge >= 0.3 is 23.6 Å². The zero-order valence-corrected chi connectivity index (χ0v) is 20.6. The summed E-state index contributed by atoms with van der Waals surface area (Å²) in [5.74, 6) is -3.11. The lowest BCUT2D eigenvalue weighted by Crippen LogP contribution is -2.37. The number of hydrogen-bond acceptors (Lipinski definition) is 6. The summed E-state index contributed by atoms with van der Waals surface area (Å²) in [5.41, 5.74) is 3.12. The van der Waals surface area contributed by atoms with Gasteiger partial charge in [0.1, 0.15) is 11.5 Å². The lowest BCUT2D eigenvalue weighted by Gasteiger charge is -2.06. The molecule has 10 nitrogen and oxygen atoms in total. The highest BCUT2D eigenvalue weighted by Crippen LogP contribution is 2.22. The van der Waals surface area contributed by atoms with Crippen LogP contribution in [0.1, 0.15) is 17.1 Å². The van der Waals surface area contributed by atoms with Crippen molar-refractivity contribution in [1.82, 2.24) is 16.1 Å². The van der Waals surface area contributed by atoms with Gasteiger partial charge in [-0.2, -0.15) is 5.10 Å². The average Bonchev–Trinajstić information content (AvgIpc) is 3.28. The Morgan fingerprint density at radius 1 is 0.750 bits per heavy atom. The summed E-state index contributed by atoms with van der Waals surface area (Å²) in [4.78, 5) is 47.7. The van der Waals surface area contributed by atoms with E-state index >= 15 is 0 Å². The predicted octanol–water partition coefficient (Wildman–Crippen LogP) is 3.26. The number of benzene rings is 2. The van der Waals surface area contributed by atoms with Crippen LogP contribution in [0.3, 0.4) is 0 Å². The molecule has 0 radical (unpaired) electrons. The third-order valence-corrected chi connectivity index (χ3v) is 5.05. The molecule has 0 aliphatic carbocycles. The molecule has 13 heteroatoms. The number of anilines is 1. The third kappa shape index (κ3) is 8.42. The summed E-state index contributed by atoms with van der Waals surface area (Å²) in [6, 6.07) is 14.2. The molecule has 0 aliphatic heterocycles. The van der Waals surface area contributed by atoms with Crippen LogP contribution in [-0.2, 0) is 32.3 Å². The summed E-state index contributed by atoms with van der Waals surface area (Å²) < 4.78 is 5.43. The smallest absolute Gasteiger partial charge is 0.329 e. The molecular formula is C23H18Cl3N5O5. The Bertz CT molecular complexity index is 1290. The Balaban J connectivity index is 1.41. The first kappa shape index (κ1) is 26.7. The van der Waals surface area contributed by atoms with Gasteiger partial charge in [0.15, 0.2) is 0 Å². The second-order valence-electron chi connectivity index (χ2n) is 7.11. The molecule has 36 heavy (non-hydrogen) atoms. The maximum absolute atomic E-state index is 12.0. The van der Waals surface area contributed by atoms with Crippen molar-refractivity contribution >= 4 is 70.3 Å². The molecule has 1 aromatic heterocycles. The van der Waals surface area contributed by atoms with Crippen molar-refractivity contribution in [3.8, 4) is 0 Å². The lowest BCUT2D eigenvalue weighted by molar-refractivity contribution is -0.139. The Morgan fingerprint density at radius 3 is 2.08 bits per heavy atom. The number of nitrogens with zero attached hydrogens (tertiary/aromatic N) is 1. The summed E-state index contributed by atoms with van der Waals surface area (Å²) in [5, 5.41) is 12.1. The van der Waals surface area contributed by atoms with E-state index < -0.39 is 23.6 Å². The van der Waals surface area contributed by atoms with E-state index in [9.17, 15) is 19.2 Å². The van der Waals surface area contributed by atoms with Crippen molar-refractivity contribution in [3.63, 3.8) is 0 Å². The van der Waals surface area contributed by atoms with Crippen LogP contribution in [0.4, 0.5) is 5.69 Å². The number of hydrazone groups is 1. The van der Waals surface area contributed by atoms with Gasteiger partial charge < -0.3 is 20.4 Å². The Labute approximate surface area is 220 Å². The molecule has 0 saturated heterocycles. The molecule has 0 spiro atoms. The van der Waals surface area contributed by atoms with E-state index in [1.54, 1.807) is 24.3 Å². The van der Waals surface area contributed by atoms with E-state index in [4.69, 9.17) is 39.2 Å². The van der Waals surface area contributed by atoms with Gasteiger partial charge in [0.2, 0.25) is 0 Å². The topological polar surface area (TPSA) is 142 Å². The van der Waals surface area contributed by atoms with Crippen LogP contribution in [0.2, 0.25) is 15.1 Å². The van der Waals surface area contributed by atoms with Crippen LogP contribution in [0.25, 0.3) is 0 Å². The number of halogens is 3. The highest BCUT2D eigenvalue weighted by atomic mass is 35.5. The van der Waals surface area contributed by atoms with Gasteiger partial charge in [-0.3, -0.25) is 19.2 Å². The number of nitrogens with one attached hydrogen (secondary N) is 4. The normalized spacial score (nSPS) is 10.6. The second-order valence-corrected chi connectivity index (χ2v) is 8.42. The number of rotatable bonds is 7. The van der Waals surface area contributed by atoms with E-state index in [1.807, 2.05) is 0 Å². The van der Waals surface area contributed by atoms with Crippen molar-refractivity contribution in [2.45, 2.75) is 13.1 Å². The second kappa shape index (κ2) is 12.7. The van der Waals surface area contributed by atoms with Crippen LogP contribution in [0, 0.1) is 0 Å². The first-order valence-corrected chi connectivity index (χ1v) is 11.3. The van der Waals surface area contributed by atoms with E-state index in [0.717, 1.165) is 5.56 Å². The molecule has 0 atom stereocenters. The third-order valence-electron chi connectivity index (χ3n) is 4.36. The number of hydrogen-bond donors (Lipinski definition) is 4. The maximum atomic E-state index is 12.0. The predicted molar refractivity (Wildman–Crippen MR) is 135 cm³/mol. The number of carbonyl (C=O) groups excluding carboxylic acids is 4. The van der Waals surface area contributed by atoms with Gasteiger partial charge in [-0.25, -0.2) is 5.43 Å². The van der Waals surface area contributed by atoms with Crippen molar-refractivity contribution < 1.29 is 23.6 Å². The zero-order chi connectivity index (χ0) is 26.1. The summed E-state index contributed by atoms with van der Waals surface area (Å²) >= 11 is 17.5. The molecule has 4 N–H and O–H groups in total. The van der Waals surface area contributed by atoms with Gasteiger partial charge in [-0.15, -0.1) is 0 Å². The first-order chi connectivity index (χ1) is 17.2. The molecule has 0 unspecified atom stereocenters. The standard InChI is InChI=1S/C23H18Cl3N5O5/c24-14-3-1-13(2-4-14)10-27-21(33)23(35)31-29-12-19-6-5-18(36-19)11-28-20(32)22(34)30-17-8-15(25)7-16(26)9-17/h1-9,12H,10-11H2,(H,27,33)(H,28,32)(H,30,34)(H,31,35)/b29-12+. The van der Waals surface area contributed by atoms with Crippen LogP contribution < -0.4 is 21.4 Å². The zero-order valence-electron chi connectivity index (χ0n) is 18.3. The SMILES string of the molecule is O=C(NCc1ccc(Cl)cc1)C(=O)N/N=C/c1ccc(CNC(=O)C(=O)Nc2cc(Cl)cc(Cl)c2)o1. The molecule has 3 aromatic rings. The lowest BCUT2D eigenvalue weighted by atomic mass is 10.2. The Morgan fingerprint density at radius 2 is 1.39 bits per heavy atom. The summed E-state index contributed by atoms with van der Waals surface area (Å²) in [6.07, 6.45) is 1.17. The molecule has 1 heterocycles. The van der Waals surface area contributed by atoms with E-state index in [-0.39, 0.29) is 24.5 Å². The van der Waals surface area contributed by atoms with Crippen LogP contribution in [-0.4, -0.2) is 29.8 Å². The minimum Gasteiger partial charge on any atom is -0.458 e. The largest absolute Gasteiger partial charge is 0.458 e. The maximum Gasteiger partial charge on any atom is 0.329 e. The van der Waals surface area contributed by atoms with Crippen LogP contribution in [0.5, 0.6) is 0 Å². The monoisotopic (exact) mass is 549 g/mol. The molecule has 2 aromatic carbocycles. The molecule has 0 bridgehead atoms. The van der Waals surface area contributed by atoms with Crippen molar-refractivity contribution in [2.24, 2.45) is 5.10 Å². The minimum atomic E-state index is -0.966. The van der Waals surface area contributed by atoms with Crippen molar-refractivity contribution in [2.75, 3.05) is 5.32 Å². The van der Waals surface area contributed by atoms with Crippen molar-refractivity contribution in [3.05, 3.63) is 86.7 Å². The van der Waals surface area contributed by atoms with Gasteiger partial charge in [-0.05, 0) is 48.0 Å². The summed E-state index contributed by atoms with van der Waals surface area (Å²) in [6.45, 7) is 0.0567. The number of furan rings is 1. The molecule has 186 valence electrons. The molecule has 0 aliphatic rings. The first-order valence-electron chi connectivity index (χ1n) is 10.2.